The fraction of sp³-hybridized carbons (Fsp3) is 0.843. The minimum absolute atomic E-state index is 0.0103. The van der Waals surface area contributed by atoms with Crippen LogP contribution in [-0.4, -0.2) is 299 Å². The zero-order valence-corrected chi connectivity index (χ0v) is 58.4. The van der Waals surface area contributed by atoms with E-state index in [1.165, 1.54) is 20.1 Å². The number of rotatable bonds is 22. The Labute approximate surface area is 577 Å². The SMILES string of the molecule is CO[C@H]1C[C@H](O[C@@H]2[C@@H](C)O[C@@H](O[C@H]3CC[C@@]4(C)C(=CC[C@]5(O)[C@@H]4C[C@@H](OC(=O)C=Cc4ccccc4)[C@@]4(C)[C@]5(O)CC[C@@]4(O)[C@H](C)O)C3)C[C@H]2OC)O[C@H](C)[C@H]1O[C@H]1C[C@@H](OC)[C@H](O[C@H]2C[C@@H](OC)[C@H](O[C@@H]3O[C@H](CO[C@@H]4O[C@H](CO)[C@@H](O)[C@H](O)[C@H]4O)[C@@H](O)[C@H](O)[C@H]3O)[C@@H](C)O2)[C@@H](C)O1. The zero-order chi connectivity index (χ0) is 71.4. The fourth-order valence-corrected chi connectivity index (χ4v) is 18.0. The first-order valence-corrected chi connectivity index (χ1v) is 35.1. The lowest BCUT2D eigenvalue weighted by atomic mass is 9.42. The van der Waals surface area contributed by atoms with Crippen molar-refractivity contribution in [2.24, 2.45) is 16.7 Å². The summed E-state index contributed by atoms with van der Waals surface area (Å²) < 4.78 is 106. The van der Waals surface area contributed by atoms with Crippen molar-refractivity contribution in [3.05, 3.63) is 53.6 Å². The topological polar surface area (TPSA) is 397 Å². The molecule has 0 spiro atoms. The van der Waals surface area contributed by atoms with Crippen molar-refractivity contribution >= 4 is 12.0 Å². The van der Waals surface area contributed by atoms with Gasteiger partial charge in [0.15, 0.2) is 37.7 Å². The first-order valence-electron chi connectivity index (χ1n) is 35.1. The van der Waals surface area contributed by atoms with Crippen LogP contribution >= 0.6 is 0 Å². The van der Waals surface area contributed by atoms with E-state index in [1.54, 1.807) is 41.3 Å². The Kier molecular flexibility index (Phi) is 24.4. The number of aliphatic hydroxyl groups is 11. The molecule has 35 atom stereocenters. The van der Waals surface area contributed by atoms with Gasteiger partial charge < -0.3 is 137 Å². The first kappa shape index (κ1) is 77.2. The van der Waals surface area contributed by atoms with Gasteiger partial charge in [0, 0.05) is 66.1 Å². The monoisotopic (exact) mass is 1410 g/mol. The molecule has 29 nitrogen and oxygen atoms in total. The van der Waals surface area contributed by atoms with Crippen LogP contribution in [0.2, 0.25) is 0 Å². The quantitative estimate of drug-likeness (QED) is 0.0432. The average molecular weight is 1410 g/mol. The molecule has 1 aromatic carbocycles. The Hall–Kier alpha value is -2.91. The summed E-state index contributed by atoms with van der Waals surface area (Å²) in [4.78, 5) is 13.7. The summed E-state index contributed by atoms with van der Waals surface area (Å²) in [5.74, 6) is -1.25. The van der Waals surface area contributed by atoms with E-state index in [0.29, 0.717) is 32.1 Å². The van der Waals surface area contributed by atoms with Crippen molar-refractivity contribution < 1.29 is 141 Å². The number of methoxy groups -OCH3 is 4. The van der Waals surface area contributed by atoms with Gasteiger partial charge in [-0.3, -0.25) is 0 Å². The Morgan fingerprint density at radius 1 is 0.596 bits per heavy atom. The summed E-state index contributed by atoms with van der Waals surface area (Å²) in [5, 5.41) is 123. The highest BCUT2D eigenvalue weighted by atomic mass is 16.8. The highest BCUT2D eigenvalue weighted by Crippen LogP contribution is 2.71. The molecule has 9 fully saturated rings. The molecule has 11 N–H and O–H groups in total. The van der Waals surface area contributed by atoms with Crippen LogP contribution in [0.3, 0.4) is 0 Å². The maximum Gasteiger partial charge on any atom is 0.331 e. The minimum Gasteiger partial charge on any atom is -0.458 e. The lowest BCUT2D eigenvalue weighted by Crippen LogP contribution is -2.78. The maximum atomic E-state index is 13.7. The van der Waals surface area contributed by atoms with Crippen molar-refractivity contribution in [3.8, 4) is 0 Å². The van der Waals surface area contributed by atoms with Crippen LogP contribution in [0, 0.1) is 16.7 Å². The number of esters is 1. The van der Waals surface area contributed by atoms with E-state index in [0.717, 1.165) is 11.1 Å². The van der Waals surface area contributed by atoms with Crippen LogP contribution < -0.4 is 0 Å². The Balaban J connectivity index is 0.657. The van der Waals surface area contributed by atoms with Crippen LogP contribution in [-0.2, 0) is 85.3 Å². The van der Waals surface area contributed by atoms with E-state index in [2.05, 4.69) is 6.92 Å². The summed E-state index contributed by atoms with van der Waals surface area (Å²) in [6, 6.07) is 9.29. The van der Waals surface area contributed by atoms with Crippen molar-refractivity contribution in [1.82, 2.24) is 0 Å². The molecular formula is C70H108O29. The Morgan fingerprint density at radius 3 is 1.57 bits per heavy atom. The molecule has 4 aliphatic carbocycles. The number of hydrogen-bond acceptors (Lipinski definition) is 29. The lowest BCUT2D eigenvalue weighted by Gasteiger charge is -2.67. The van der Waals surface area contributed by atoms with E-state index < -0.39 is 225 Å². The molecule has 0 unspecified atom stereocenters. The summed E-state index contributed by atoms with van der Waals surface area (Å²) >= 11 is 0. The van der Waals surface area contributed by atoms with Gasteiger partial charge in [-0.05, 0) is 96.6 Å². The summed E-state index contributed by atoms with van der Waals surface area (Å²) in [7, 11) is 6.26. The molecule has 11 rings (SSSR count). The third-order valence-corrected chi connectivity index (χ3v) is 24.0. The van der Waals surface area contributed by atoms with Crippen molar-refractivity contribution in [1.29, 1.82) is 0 Å². The fourth-order valence-electron chi connectivity index (χ4n) is 18.0. The van der Waals surface area contributed by atoms with Crippen LogP contribution in [0.25, 0.3) is 6.08 Å². The first-order chi connectivity index (χ1) is 47.0. The van der Waals surface area contributed by atoms with E-state index in [-0.39, 0.29) is 44.6 Å². The normalized spacial score (nSPS) is 49.8. The molecule has 29 heteroatoms. The second-order valence-corrected chi connectivity index (χ2v) is 29.5. The Bertz CT molecular complexity index is 2880. The Morgan fingerprint density at radius 2 is 1.07 bits per heavy atom. The van der Waals surface area contributed by atoms with Gasteiger partial charge in [-0.1, -0.05) is 55.8 Å². The minimum atomic E-state index is -1.94. The highest BCUT2D eigenvalue weighted by Gasteiger charge is 2.81. The smallest absolute Gasteiger partial charge is 0.331 e. The summed E-state index contributed by atoms with van der Waals surface area (Å²) in [6.45, 7) is 11.3. The number of aliphatic hydroxyl groups excluding tert-OH is 8. The van der Waals surface area contributed by atoms with Gasteiger partial charge in [0.1, 0.15) is 96.2 Å². The molecule has 0 aromatic heterocycles. The van der Waals surface area contributed by atoms with Crippen LogP contribution in [0.4, 0.5) is 0 Å². The highest BCUT2D eigenvalue weighted by molar-refractivity contribution is 5.87. The van der Waals surface area contributed by atoms with Crippen molar-refractivity contribution in [2.45, 2.75) is 314 Å². The molecule has 562 valence electrons. The van der Waals surface area contributed by atoms with Crippen molar-refractivity contribution in [3.63, 3.8) is 0 Å². The molecule has 10 aliphatic rings. The van der Waals surface area contributed by atoms with Crippen LogP contribution in [0.1, 0.15) is 125 Å². The van der Waals surface area contributed by atoms with Crippen molar-refractivity contribution in [2.75, 3.05) is 41.7 Å². The molecule has 6 aliphatic heterocycles. The summed E-state index contributed by atoms with van der Waals surface area (Å²) in [6.07, 6.45) is -21.1. The molecule has 1 aromatic rings. The molecule has 0 amide bonds. The molecule has 0 radical (unpaired) electrons. The number of hydrogen-bond donors (Lipinski definition) is 11. The largest absolute Gasteiger partial charge is 0.458 e. The van der Waals surface area contributed by atoms with E-state index >= 15 is 0 Å². The third-order valence-electron chi connectivity index (χ3n) is 24.0. The maximum absolute atomic E-state index is 13.7. The number of ether oxygens (including phenoxy) is 17. The summed E-state index contributed by atoms with van der Waals surface area (Å²) in [5.41, 5.74) is -6.00. The zero-order valence-electron chi connectivity index (χ0n) is 58.4. The second kappa shape index (κ2) is 31.3. The van der Waals surface area contributed by atoms with Gasteiger partial charge in [0.2, 0.25) is 0 Å². The number of benzene rings is 1. The molecule has 99 heavy (non-hydrogen) atoms. The standard InChI is InChI=1S/C70H108O29/c1-33-60(41(83-8)26-50(88-33)92-40-20-21-66(6)39(25-40)19-22-69(81)47(66)30-48(95-49(73)18-17-38-15-13-12-14-16-38)67(7)68(80,37(5)72)23-24-70(67,69)82)96-51-27-42(84-9)61(34(2)89-51)97-52-28-43(85-10)62(35(3)90-52)98-53-29-44(86-11)63(36(4)91-53)99-65-59(79)57(77)55(75)46(94-65)32-87-64-58(78)56(76)54(74)45(31-71)93-64/h12-19,33-37,40-48,50-65,71-72,74-82H,20-32H2,1-11H3/t33-,34-,35-,36-,37+,40+,41-,42+,43-,44-,45-,46-,47-,48-,50+,51+,52+,53+,54-,55-,56+,57+,58-,59-,60-,61-,62-,63-,64-,65+,66+,67-,68-,69+,70-/m1/s1. The van der Waals surface area contributed by atoms with Crippen LogP contribution in [0.5, 0.6) is 0 Å². The molecular weight excluding hydrogens is 1300 g/mol. The van der Waals surface area contributed by atoms with E-state index in [4.69, 9.17) is 80.5 Å². The third kappa shape index (κ3) is 14.7. The number of fused-ring (bicyclic) bond motifs is 5. The predicted octanol–water partition coefficient (Wildman–Crippen LogP) is 0.676. The van der Waals surface area contributed by atoms with Gasteiger partial charge in [-0.15, -0.1) is 0 Å². The van der Waals surface area contributed by atoms with Crippen LogP contribution in [0.15, 0.2) is 48.1 Å². The van der Waals surface area contributed by atoms with Gasteiger partial charge in [-0.2, -0.15) is 0 Å². The van der Waals surface area contributed by atoms with E-state index in [9.17, 15) is 61.0 Å². The van der Waals surface area contributed by atoms with Gasteiger partial charge >= 0.3 is 5.97 Å². The second-order valence-electron chi connectivity index (χ2n) is 29.5. The number of carbonyl (C=O) groups excluding carboxylic acids is 1. The molecule has 6 heterocycles. The molecule has 6 saturated heterocycles. The average Bonchev–Trinajstić information content (AvgIpc) is 1.58. The predicted molar refractivity (Wildman–Crippen MR) is 342 cm³/mol. The van der Waals surface area contributed by atoms with Gasteiger partial charge in [0.05, 0.1) is 79.7 Å². The van der Waals surface area contributed by atoms with Gasteiger partial charge in [-0.25, -0.2) is 4.79 Å². The van der Waals surface area contributed by atoms with E-state index in [1.807, 2.05) is 57.2 Å². The number of carbonyl (C=O) groups is 1. The molecule has 0 bridgehead atoms. The molecule has 3 saturated carbocycles. The van der Waals surface area contributed by atoms with Gasteiger partial charge in [0.25, 0.3) is 0 Å². The lowest BCUT2D eigenvalue weighted by molar-refractivity contribution is -0.363.